The first-order valence-electron chi connectivity index (χ1n) is 15.6. The van der Waals surface area contributed by atoms with Crippen molar-refractivity contribution < 1.29 is 5.11 Å². The minimum Gasteiger partial charge on any atom is -0.393 e. The number of aliphatic hydroxyl groups is 1. The summed E-state index contributed by atoms with van der Waals surface area (Å²) in [5, 5.41) is 12.0. The predicted octanol–water partition coefficient (Wildman–Crippen LogP) is 9.59. The number of rotatable bonds is 7. The Bertz CT molecular complexity index is 878. The van der Waals surface area contributed by atoms with Crippen LogP contribution >= 0.6 is 11.6 Å². The molecule has 4 saturated carbocycles. The monoisotopic (exact) mass is 512 g/mol. The first-order valence-corrected chi connectivity index (χ1v) is 15.9. The molecule has 1 nitrogen and oxygen atoms in total. The van der Waals surface area contributed by atoms with Crippen LogP contribution in [0.3, 0.4) is 0 Å². The van der Waals surface area contributed by atoms with Crippen LogP contribution in [0.25, 0.3) is 0 Å². The van der Waals surface area contributed by atoms with Gasteiger partial charge >= 0.3 is 0 Å². The van der Waals surface area contributed by atoms with Crippen LogP contribution in [0.15, 0.2) is 24.3 Å². The molecule has 1 aromatic carbocycles. The molecule has 4 fully saturated rings. The molecule has 0 amide bonds. The van der Waals surface area contributed by atoms with Gasteiger partial charge in [0, 0.05) is 5.02 Å². The van der Waals surface area contributed by atoms with Gasteiger partial charge in [0.25, 0.3) is 0 Å². The highest BCUT2D eigenvalue weighted by molar-refractivity contribution is 6.30. The van der Waals surface area contributed by atoms with Gasteiger partial charge in [-0.15, -0.1) is 0 Å². The highest BCUT2D eigenvalue weighted by Gasteiger charge is 2.61. The van der Waals surface area contributed by atoms with E-state index >= 15 is 0 Å². The van der Waals surface area contributed by atoms with E-state index < -0.39 is 0 Å². The van der Waals surface area contributed by atoms with Crippen molar-refractivity contribution in [3.05, 3.63) is 34.9 Å². The number of benzene rings is 1. The molecule has 1 aromatic rings. The number of hydrogen-bond donors (Lipinski definition) is 1. The van der Waals surface area contributed by atoms with Crippen molar-refractivity contribution in [3.63, 3.8) is 0 Å². The van der Waals surface area contributed by atoms with Gasteiger partial charge in [0.15, 0.2) is 0 Å². The third kappa shape index (κ3) is 4.83. The van der Waals surface area contributed by atoms with Crippen LogP contribution < -0.4 is 0 Å². The van der Waals surface area contributed by atoms with Crippen molar-refractivity contribution >= 4 is 11.6 Å². The molecule has 0 bridgehead atoms. The average molecular weight is 513 g/mol. The molecular weight excluding hydrogens is 460 g/mol. The van der Waals surface area contributed by atoms with Gasteiger partial charge in [-0.1, -0.05) is 77.6 Å². The lowest BCUT2D eigenvalue weighted by Gasteiger charge is -2.63. The lowest BCUT2D eigenvalue weighted by molar-refractivity contribution is -0.152. The number of hydrogen-bond acceptors (Lipinski definition) is 1. The van der Waals surface area contributed by atoms with Gasteiger partial charge in [0.2, 0.25) is 0 Å². The van der Waals surface area contributed by atoms with Gasteiger partial charge in [0.05, 0.1) is 6.10 Å². The van der Waals surface area contributed by atoms with Gasteiger partial charge in [-0.3, -0.25) is 0 Å². The smallest absolute Gasteiger partial charge is 0.0574 e. The molecule has 0 aromatic heterocycles. The van der Waals surface area contributed by atoms with E-state index in [9.17, 15) is 5.11 Å². The fourth-order valence-electron chi connectivity index (χ4n) is 10.7. The molecular formula is C34H53ClO. The summed E-state index contributed by atoms with van der Waals surface area (Å²) in [6.07, 6.45) is 15.9. The standard InChI is InChI=1S/C34H53ClO/c1-22(2)7-6-8-23(3)28-15-16-29-26-13-14-30-27(21-24-9-11-25(35)12-10-24)32(36)18-20-34(30,5)31(26)17-19-33(28,29)4/h9-12,22-23,26-32,36H,6-8,13-21H2,1-5H3/t23-,26?,27+,28-,29?,30?,31?,32-,33-,34+/m1/s1. The molecule has 4 aliphatic rings. The highest BCUT2D eigenvalue weighted by atomic mass is 35.5. The zero-order valence-corrected chi connectivity index (χ0v) is 24.6. The third-order valence-corrected chi connectivity index (χ3v) is 12.8. The zero-order chi connectivity index (χ0) is 25.7. The first-order chi connectivity index (χ1) is 17.1. The maximum absolute atomic E-state index is 11.2. The maximum atomic E-state index is 11.2. The fraction of sp³-hybridized carbons (Fsp3) is 0.824. The SMILES string of the molecule is CC(C)CCC[C@@H](C)[C@H]1CCC2C3CCC4[C@H](Cc5ccc(Cl)cc5)[C@H](O)CC[C@]4(C)C3CC[C@@]21C. The Morgan fingerprint density at radius 3 is 2.22 bits per heavy atom. The Morgan fingerprint density at radius 2 is 1.50 bits per heavy atom. The van der Waals surface area contributed by atoms with E-state index in [0.717, 1.165) is 53.4 Å². The van der Waals surface area contributed by atoms with Crippen LogP contribution in [-0.4, -0.2) is 11.2 Å². The van der Waals surface area contributed by atoms with Crippen molar-refractivity contribution in [1.29, 1.82) is 0 Å². The van der Waals surface area contributed by atoms with E-state index in [0.29, 0.717) is 22.7 Å². The Labute approximate surface area is 227 Å². The van der Waals surface area contributed by atoms with Crippen molar-refractivity contribution in [1.82, 2.24) is 0 Å². The van der Waals surface area contributed by atoms with E-state index in [2.05, 4.69) is 46.8 Å². The molecule has 10 atom stereocenters. The summed E-state index contributed by atoms with van der Waals surface area (Å²) in [6, 6.07) is 8.40. The molecule has 0 spiro atoms. The second kappa shape index (κ2) is 10.6. The van der Waals surface area contributed by atoms with Crippen LogP contribution in [-0.2, 0) is 6.42 Å². The Hall–Kier alpha value is -0.530. The first kappa shape index (κ1) is 27.1. The number of aliphatic hydroxyl groups excluding tert-OH is 1. The van der Waals surface area contributed by atoms with Gasteiger partial charge < -0.3 is 5.11 Å². The number of halogens is 1. The fourth-order valence-corrected chi connectivity index (χ4v) is 10.8. The van der Waals surface area contributed by atoms with Gasteiger partial charge in [-0.25, -0.2) is 0 Å². The van der Waals surface area contributed by atoms with Gasteiger partial charge in [-0.05, 0) is 134 Å². The summed E-state index contributed by atoms with van der Waals surface area (Å²) in [7, 11) is 0. The van der Waals surface area contributed by atoms with Gasteiger partial charge in [0.1, 0.15) is 0 Å². The third-order valence-electron chi connectivity index (χ3n) is 12.5. The molecule has 4 aliphatic carbocycles. The quantitative estimate of drug-likeness (QED) is 0.385. The molecule has 0 heterocycles. The highest BCUT2D eigenvalue weighted by Crippen LogP contribution is 2.69. The normalized spacial score (nSPS) is 43.1. The van der Waals surface area contributed by atoms with Crippen LogP contribution in [0.1, 0.15) is 111 Å². The van der Waals surface area contributed by atoms with Crippen LogP contribution in [0.4, 0.5) is 0 Å². The minimum atomic E-state index is -0.147. The van der Waals surface area contributed by atoms with E-state index in [1.54, 1.807) is 0 Å². The second-order valence-corrected chi connectivity index (χ2v) is 15.1. The van der Waals surface area contributed by atoms with E-state index in [4.69, 9.17) is 11.6 Å². The summed E-state index contributed by atoms with van der Waals surface area (Å²) in [5.41, 5.74) is 2.32. The van der Waals surface area contributed by atoms with E-state index in [1.165, 1.54) is 69.8 Å². The molecule has 1 N–H and O–H groups in total. The summed E-state index contributed by atoms with van der Waals surface area (Å²) >= 11 is 6.17. The Kier molecular flexibility index (Phi) is 7.94. The van der Waals surface area contributed by atoms with Crippen molar-refractivity contribution in [2.75, 3.05) is 0 Å². The Balaban J connectivity index is 1.31. The largest absolute Gasteiger partial charge is 0.393 e. The molecule has 202 valence electrons. The summed E-state index contributed by atoms with van der Waals surface area (Å²) in [4.78, 5) is 0. The number of fused-ring (bicyclic) bond motifs is 5. The molecule has 0 aliphatic heterocycles. The zero-order valence-electron chi connectivity index (χ0n) is 23.8. The van der Waals surface area contributed by atoms with Gasteiger partial charge in [-0.2, -0.15) is 0 Å². The molecule has 0 radical (unpaired) electrons. The predicted molar refractivity (Wildman–Crippen MR) is 153 cm³/mol. The van der Waals surface area contributed by atoms with Crippen LogP contribution in [0, 0.1) is 58.2 Å². The Morgan fingerprint density at radius 1 is 0.833 bits per heavy atom. The molecule has 36 heavy (non-hydrogen) atoms. The van der Waals surface area contributed by atoms with E-state index in [1.807, 2.05) is 12.1 Å². The van der Waals surface area contributed by atoms with Crippen molar-refractivity contribution in [3.8, 4) is 0 Å². The van der Waals surface area contributed by atoms with E-state index in [-0.39, 0.29) is 6.10 Å². The maximum Gasteiger partial charge on any atom is 0.0574 e. The average Bonchev–Trinajstić information content (AvgIpc) is 3.19. The van der Waals surface area contributed by atoms with Crippen molar-refractivity contribution in [2.24, 2.45) is 58.2 Å². The lowest BCUT2D eigenvalue weighted by atomic mass is 9.42. The molecule has 0 saturated heterocycles. The summed E-state index contributed by atoms with van der Waals surface area (Å²) < 4.78 is 0. The second-order valence-electron chi connectivity index (χ2n) is 14.7. The lowest BCUT2D eigenvalue weighted by Crippen LogP contribution is -2.57. The molecule has 4 unspecified atom stereocenters. The summed E-state index contributed by atoms with van der Waals surface area (Å²) in [6.45, 7) is 12.7. The molecule has 2 heteroatoms. The van der Waals surface area contributed by atoms with Crippen LogP contribution in [0.2, 0.25) is 5.02 Å². The summed E-state index contributed by atoms with van der Waals surface area (Å²) in [5.74, 6) is 6.45. The van der Waals surface area contributed by atoms with Crippen molar-refractivity contribution in [2.45, 2.75) is 118 Å². The molecule has 5 rings (SSSR count). The van der Waals surface area contributed by atoms with Crippen LogP contribution in [0.5, 0.6) is 0 Å². The topological polar surface area (TPSA) is 20.2 Å². The minimum absolute atomic E-state index is 0.147.